The molecule has 1 aliphatic heterocycles. The minimum atomic E-state index is -0.665. The SMILES string of the molecule is O=C(O)[C@@H]1[C@@H]2CCN(C(=O)C3C[C@@H]4C[C@@H]4C3)C[C@@H]21. The van der Waals surface area contributed by atoms with E-state index in [4.69, 9.17) is 5.11 Å². The molecule has 1 unspecified atom stereocenters. The molecule has 0 spiro atoms. The van der Waals surface area contributed by atoms with Gasteiger partial charge in [-0.15, -0.1) is 0 Å². The van der Waals surface area contributed by atoms with Gasteiger partial charge in [-0.2, -0.15) is 0 Å². The quantitative estimate of drug-likeness (QED) is 0.800. The van der Waals surface area contributed by atoms with E-state index in [2.05, 4.69) is 0 Å². The third-order valence-corrected chi connectivity index (χ3v) is 5.68. The molecule has 6 atom stereocenters. The van der Waals surface area contributed by atoms with Crippen LogP contribution < -0.4 is 0 Å². The minimum absolute atomic E-state index is 0.167. The van der Waals surface area contributed by atoms with Gasteiger partial charge in [0.25, 0.3) is 0 Å². The van der Waals surface area contributed by atoms with Crippen molar-refractivity contribution in [2.45, 2.75) is 25.7 Å². The molecule has 1 heterocycles. The van der Waals surface area contributed by atoms with Crippen LogP contribution in [0.3, 0.4) is 0 Å². The number of fused-ring (bicyclic) bond motifs is 2. The van der Waals surface area contributed by atoms with Crippen LogP contribution in [0, 0.1) is 35.5 Å². The van der Waals surface area contributed by atoms with Crippen molar-refractivity contribution in [3.63, 3.8) is 0 Å². The molecule has 1 N–H and O–H groups in total. The standard InChI is InChI=1S/C14H19NO3/c16-13(9-4-7-3-8(7)5-9)15-2-1-10-11(6-15)12(10)14(17)18/h7-12H,1-6H2,(H,17,18)/t7-,8+,9?,10-,11+,12-/m1/s1. The summed E-state index contributed by atoms with van der Waals surface area (Å²) in [6.45, 7) is 1.49. The van der Waals surface area contributed by atoms with Gasteiger partial charge in [-0.3, -0.25) is 9.59 Å². The van der Waals surface area contributed by atoms with Crippen LogP contribution in [0.4, 0.5) is 0 Å². The lowest BCUT2D eigenvalue weighted by Crippen LogP contribution is -2.40. The average Bonchev–Trinajstić information content (AvgIpc) is 3.23. The van der Waals surface area contributed by atoms with E-state index >= 15 is 0 Å². The molecule has 1 amide bonds. The van der Waals surface area contributed by atoms with E-state index in [-0.39, 0.29) is 17.8 Å². The maximum Gasteiger partial charge on any atom is 0.307 e. The smallest absolute Gasteiger partial charge is 0.307 e. The number of hydrogen-bond acceptors (Lipinski definition) is 2. The molecule has 1 saturated heterocycles. The van der Waals surface area contributed by atoms with Crippen LogP contribution in [-0.2, 0) is 9.59 Å². The second-order valence-electron chi connectivity index (χ2n) is 6.69. The summed E-state index contributed by atoms with van der Waals surface area (Å²) in [6, 6.07) is 0. The second-order valence-corrected chi connectivity index (χ2v) is 6.69. The molecule has 3 aliphatic carbocycles. The summed E-state index contributed by atoms with van der Waals surface area (Å²) >= 11 is 0. The van der Waals surface area contributed by atoms with Crippen LogP contribution in [0.2, 0.25) is 0 Å². The van der Waals surface area contributed by atoms with Crippen molar-refractivity contribution in [2.24, 2.45) is 35.5 Å². The third-order valence-electron chi connectivity index (χ3n) is 5.68. The average molecular weight is 249 g/mol. The van der Waals surface area contributed by atoms with Gasteiger partial charge in [-0.25, -0.2) is 0 Å². The Balaban J connectivity index is 1.38. The van der Waals surface area contributed by atoms with Gasteiger partial charge in [0.05, 0.1) is 5.92 Å². The predicted octanol–water partition coefficient (Wildman–Crippen LogP) is 1.21. The number of hydrogen-bond donors (Lipinski definition) is 1. The first-order chi connectivity index (χ1) is 8.65. The molecular formula is C14H19NO3. The number of likely N-dealkylation sites (tertiary alicyclic amines) is 1. The molecule has 0 aromatic rings. The molecule has 0 aromatic carbocycles. The van der Waals surface area contributed by atoms with Gasteiger partial charge >= 0.3 is 5.97 Å². The molecule has 18 heavy (non-hydrogen) atoms. The van der Waals surface area contributed by atoms with Crippen LogP contribution in [0.5, 0.6) is 0 Å². The van der Waals surface area contributed by atoms with Crippen LogP contribution in [0.1, 0.15) is 25.7 Å². The fourth-order valence-electron chi connectivity index (χ4n) is 4.48. The van der Waals surface area contributed by atoms with E-state index in [1.165, 1.54) is 6.42 Å². The number of aliphatic carboxylic acids is 1. The van der Waals surface area contributed by atoms with Gasteiger partial charge in [0, 0.05) is 19.0 Å². The van der Waals surface area contributed by atoms with E-state index in [9.17, 15) is 9.59 Å². The fourth-order valence-corrected chi connectivity index (χ4v) is 4.48. The molecule has 4 rings (SSSR count). The van der Waals surface area contributed by atoms with Crippen molar-refractivity contribution in [1.29, 1.82) is 0 Å². The Morgan fingerprint density at radius 1 is 1.06 bits per heavy atom. The predicted molar refractivity (Wildman–Crippen MR) is 63.6 cm³/mol. The molecule has 4 fully saturated rings. The van der Waals surface area contributed by atoms with E-state index in [1.54, 1.807) is 0 Å². The number of amides is 1. The van der Waals surface area contributed by atoms with E-state index in [1.807, 2.05) is 4.90 Å². The van der Waals surface area contributed by atoms with Crippen molar-refractivity contribution < 1.29 is 14.7 Å². The highest BCUT2D eigenvalue weighted by Crippen LogP contribution is 2.56. The highest BCUT2D eigenvalue weighted by atomic mass is 16.4. The Hall–Kier alpha value is -1.06. The molecule has 0 bridgehead atoms. The summed E-state index contributed by atoms with van der Waals surface area (Å²) in [6.07, 6.45) is 4.43. The molecule has 4 nitrogen and oxygen atoms in total. The number of carbonyl (C=O) groups excluding carboxylic acids is 1. The summed E-state index contributed by atoms with van der Waals surface area (Å²) in [5.41, 5.74) is 0. The van der Waals surface area contributed by atoms with Gasteiger partial charge in [-0.1, -0.05) is 0 Å². The van der Waals surface area contributed by atoms with Crippen molar-refractivity contribution >= 4 is 11.9 Å². The highest BCUT2D eigenvalue weighted by molar-refractivity contribution is 5.80. The summed E-state index contributed by atoms with van der Waals surface area (Å²) in [7, 11) is 0. The normalized spacial score (nSPS) is 48.3. The summed E-state index contributed by atoms with van der Waals surface area (Å²) in [4.78, 5) is 25.3. The van der Waals surface area contributed by atoms with E-state index < -0.39 is 5.97 Å². The third kappa shape index (κ3) is 1.50. The van der Waals surface area contributed by atoms with Crippen molar-refractivity contribution in [2.75, 3.05) is 13.1 Å². The molecule has 4 heteroatoms. The summed E-state index contributed by atoms with van der Waals surface area (Å²) in [5.74, 6) is 2.01. The van der Waals surface area contributed by atoms with Crippen LogP contribution in [-0.4, -0.2) is 35.0 Å². The maximum atomic E-state index is 12.4. The zero-order valence-corrected chi connectivity index (χ0v) is 10.4. The van der Waals surface area contributed by atoms with Gasteiger partial charge in [0.1, 0.15) is 0 Å². The minimum Gasteiger partial charge on any atom is -0.481 e. The number of carboxylic acid groups (broad SMARTS) is 1. The Labute approximate surface area is 106 Å². The monoisotopic (exact) mass is 249 g/mol. The number of carboxylic acids is 1. The number of rotatable bonds is 2. The van der Waals surface area contributed by atoms with Crippen LogP contribution >= 0.6 is 0 Å². The van der Waals surface area contributed by atoms with Crippen LogP contribution in [0.25, 0.3) is 0 Å². The zero-order chi connectivity index (χ0) is 12.4. The maximum absolute atomic E-state index is 12.4. The Morgan fingerprint density at radius 2 is 1.78 bits per heavy atom. The number of piperidine rings is 1. The zero-order valence-electron chi connectivity index (χ0n) is 10.4. The molecule has 4 aliphatic rings. The molecule has 3 saturated carbocycles. The first kappa shape index (κ1) is 10.8. The molecule has 0 aromatic heterocycles. The second kappa shape index (κ2) is 3.49. The van der Waals surface area contributed by atoms with Crippen molar-refractivity contribution in [3.8, 4) is 0 Å². The Kier molecular flexibility index (Phi) is 2.10. The first-order valence-corrected chi connectivity index (χ1v) is 7.16. The molecular weight excluding hydrogens is 230 g/mol. The number of nitrogens with zero attached hydrogens (tertiary/aromatic N) is 1. The lowest BCUT2D eigenvalue weighted by Gasteiger charge is -2.29. The highest BCUT2D eigenvalue weighted by Gasteiger charge is 2.58. The first-order valence-electron chi connectivity index (χ1n) is 7.16. The number of carbonyl (C=O) groups is 2. The summed E-state index contributed by atoms with van der Waals surface area (Å²) in [5, 5.41) is 9.06. The summed E-state index contributed by atoms with van der Waals surface area (Å²) < 4.78 is 0. The fraction of sp³-hybridized carbons (Fsp3) is 0.857. The van der Waals surface area contributed by atoms with Gasteiger partial charge in [0.15, 0.2) is 0 Å². The van der Waals surface area contributed by atoms with E-state index in [0.29, 0.717) is 18.4 Å². The lowest BCUT2D eigenvalue weighted by molar-refractivity contribution is -0.140. The van der Waals surface area contributed by atoms with Crippen molar-refractivity contribution in [3.05, 3.63) is 0 Å². The largest absolute Gasteiger partial charge is 0.481 e. The lowest BCUT2D eigenvalue weighted by atomic mass is 10.0. The van der Waals surface area contributed by atoms with E-state index in [0.717, 1.165) is 37.6 Å². The van der Waals surface area contributed by atoms with Gasteiger partial charge in [0.2, 0.25) is 5.91 Å². The van der Waals surface area contributed by atoms with Crippen LogP contribution in [0.15, 0.2) is 0 Å². The topological polar surface area (TPSA) is 57.6 Å². The molecule has 0 radical (unpaired) electrons. The van der Waals surface area contributed by atoms with Gasteiger partial charge < -0.3 is 10.0 Å². The Morgan fingerprint density at radius 3 is 2.44 bits per heavy atom. The molecule has 98 valence electrons. The van der Waals surface area contributed by atoms with Gasteiger partial charge in [-0.05, 0) is 49.4 Å². The Bertz CT molecular complexity index is 411. The van der Waals surface area contributed by atoms with Crippen molar-refractivity contribution in [1.82, 2.24) is 4.90 Å².